The van der Waals surface area contributed by atoms with Crippen LogP contribution in [0.5, 0.6) is 0 Å². The number of benzene rings is 2. The summed E-state index contributed by atoms with van der Waals surface area (Å²) in [5, 5.41) is 1.11. The van der Waals surface area contributed by atoms with Crippen LogP contribution >= 0.6 is 11.6 Å². The number of oxazole rings is 1. The Hall–Kier alpha value is -3.90. The fourth-order valence-corrected chi connectivity index (χ4v) is 5.67. The molecule has 0 bridgehead atoms. The van der Waals surface area contributed by atoms with Crippen molar-refractivity contribution in [2.45, 2.75) is 45.2 Å². The van der Waals surface area contributed by atoms with Crippen LogP contribution in [0.1, 0.15) is 37.8 Å². The highest BCUT2D eigenvalue weighted by atomic mass is 35.5. The summed E-state index contributed by atoms with van der Waals surface area (Å²) in [4.78, 5) is 25.9. The molecule has 4 heterocycles. The summed E-state index contributed by atoms with van der Waals surface area (Å²) in [6, 6.07) is 22.1. The van der Waals surface area contributed by atoms with Gasteiger partial charge in [0.2, 0.25) is 5.89 Å². The highest BCUT2D eigenvalue weighted by Crippen LogP contribution is 2.33. The molecule has 2 atom stereocenters. The largest absolute Gasteiger partial charge is 0.443 e. The molecule has 0 aliphatic carbocycles. The fourth-order valence-electron chi connectivity index (χ4n) is 5.50. The van der Waals surface area contributed by atoms with Gasteiger partial charge in [-0.2, -0.15) is 0 Å². The van der Waals surface area contributed by atoms with Crippen LogP contribution in [0.25, 0.3) is 28.3 Å². The van der Waals surface area contributed by atoms with Crippen molar-refractivity contribution in [2.24, 2.45) is 0 Å². The molecule has 0 spiro atoms. The number of hydrogen-bond acceptors (Lipinski definition) is 5. The van der Waals surface area contributed by atoms with Crippen molar-refractivity contribution in [3.05, 3.63) is 106 Å². The van der Waals surface area contributed by atoms with Crippen LogP contribution in [0.2, 0.25) is 5.02 Å². The van der Waals surface area contributed by atoms with E-state index >= 15 is 0 Å². The number of nitrogens with zero attached hydrogens (tertiary/aromatic N) is 4. The fraction of sp³-hybridized carbons (Fsp3) is 0.233. The van der Waals surface area contributed by atoms with Crippen LogP contribution in [0.3, 0.4) is 0 Å². The minimum Gasteiger partial charge on any atom is -0.443 e. The molecule has 7 heteroatoms. The average molecular weight is 511 g/mol. The second-order valence-corrected chi connectivity index (χ2v) is 10.1. The van der Waals surface area contributed by atoms with E-state index in [1.165, 1.54) is 6.26 Å². The van der Waals surface area contributed by atoms with Gasteiger partial charge in [0, 0.05) is 34.5 Å². The van der Waals surface area contributed by atoms with Gasteiger partial charge >= 0.3 is 0 Å². The second kappa shape index (κ2) is 9.52. The molecular weight excluding hydrogens is 484 g/mol. The quantitative estimate of drug-likeness (QED) is 0.264. The minimum atomic E-state index is -0.0714. The van der Waals surface area contributed by atoms with Gasteiger partial charge in [-0.15, -0.1) is 0 Å². The lowest BCUT2D eigenvalue weighted by molar-refractivity contribution is 0.569. The molecular formula is C30H27ClN4O2. The lowest BCUT2D eigenvalue weighted by Gasteiger charge is -2.28. The van der Waals surface area contributed by atoms with E-state index in [1.807, 2.05) is 53.1 Å². The number of pyridine rings is 2. The minimum absolute atomic E-state index is 0.0714. The zero-order chi connectivity index (χ0) is 25.5. The van der Waals surface area contributed by atoms with Crippen LogP contribution < -0.4 is 10.3 Å². The maximum Gasteiger partial charge on any atom is 0.243 e. The molecule has 2 aromatic carbocycles. The Bertz CT molecular complexity index is 1620. The van der Waals surface area contributed by atoms with Gasteiger partial charge in [-0.25, -0.2) is 9.97 Å². The Balaban J connectivity index is 1.67. The van der Waals surface area contributed by atoms with Crippen LogP contribution in [0, 0.1) is 0 Å². The Morgan fingerprint density at radius 1 is 0.973 bits per heavy atom. The average Bonchev–Trinajstić information content (AvgIpc) is 3.55. The van der Waals surface area contributed by atoms with E-state index < -0.39 is 0 Å². The first-order valence-corrected chi connectivity index (χ1v) is 13.0. The van der Waals surface area contributed by atoms with E-state index in [4.69, 9.17) is 21.0 Å². The Labute approximate surface area is 220 Å². The van der Waals surface area contributed by atoms with Crippen molar-refractivity contribution in [3.8, 4) is 17.4 Å². The molecule has 37 heavy (non-hydrogen) atoms. The van der Waals surface area contributed by atoms with Gasteiger partial charge in [0.25, 0.3) is 0 Å². The third-order valence-corrected chi connectivity index (χ3v) is 7.49. The predicted molar refractivity (Wildman–Crippen MR) is 148 cm³/mol. The molecule has 1 aliphatic rings. The van der Waals surface area contributed by atoms with Crippen molar-refractivity contribution in [1.29, 1.82) is 0 Å². The van der Waals surface area contributed by atoms with Crippen molar-refractivity contribution in [2.75, 3.05) is 4.90 Å². The first kappa shape index (κ1) is 23.5. The molecule has 0 amide bonds. The molecule has 1 saturated heterocycles. The Morgan fingerprint density at radius 2 is 1.73 bits per heavy atom. The molecule has 0 radical (unpaired) electrons. The Kier molecular flexibility index (Phi) is 6.05. The molecule has 1 aliphatic heterocycles. The molecule has 1 fully saturated rings. The van der Waals surface area contributed by atoms with Gasteiger partial charge in [0.1, 0.15) is 23.6 Å². The highest BCUT2D eigenvalue weighted by Gasteiger charge is 2.29. The summed E-state index contributed by atoms with van der Waals surface area (Å²) in [6.45, 7) is 4.48. The molecule has 186 valence electrons. The number of aromatic nitrogens is 3. The van der Waals surface area contributed by atoms with Gasteiger partial charge < -0.3 is 9.32 Å². The molecule has 3 aromatic heterocycles. The normalized spacial score (nSPS) is 17.5. The summed E-state index contributed by atoms with van der Waals surface area (Å²) < 4.78 is 7.79. The summed E-state index contributed by atoms with van der Waals surface area (Å²) in [6.07, 6.45) is 5.81. The van der Waals surface area contributed by atoms with Gasteiger partial charge in [-0.1, -0.05) is 48.0 Å². The van der Waals surface area contributed by atoms with Crippen molar-refractivity contribution < 1.29 is 4.42 Å². The number of fused-ring (bicyclic) bond motifs is 1. The molecule has 0 saturated carbocycles. The van der Waals surface area contributed by atoms with E-state index in [2.05, 4.69) is 29.8 Å². The van der Waals surface area contributed by atoms with Gasteiger partial charge in [0.05, 0.1) is 11.7 Å². The van der Waals surface area contributed by atoms with E-state index in [-0.39, 0.29) is 5.43 Å². The van der Waals surface area contributed by atoms with Crippen LogP contribution in [-0.4, -0.2) is 26.6 Å². The Morgan fingerprint density at radius 3 is 2.46 bits per heavy atom. The van der Waals surface area contributed by atoms with Gasteiger partial charge in [-0.3, -0.25) is 9.36 Å². The SMILES string of the molecule is CC1CCC(C)N1c1cccc(-n2c(-c3ncco3)c(Cc3ccccc3)c(=O)c3ccc(Cl)cc32)n1. The van der Waals surface area contributed by atoms with E-state index in [0.29, 0.717) is 57.4 Å². The zero-order valence-corrected chi connectivity index (χ0v) is 21.5. The van der Waals surface area contributed by atoms with E-state index in [1.54, 1.807) is 18.3 Å². The number of hydrogen-bond donors (Lipinski definition) is 0. The summed E-state index contributed by atoms with van der Waals surface area (Å²) in [7, 11) is 0. The first-order chi connectivity index (χ1) is 18.0. The third-order valence-electron chi connectivity index (χ3n) is 7.25. The summed E-state index contributed by atoms with van der Waals surface area (Å²) in [5.41, 5.74) is 2.79. The maximum atomic E-state index is 14.0. The summed E-state index contributed by atoms with van der Waals surface area (Å²) in [5.74, 6) is 1.95. The molecule has 6 rings (SSSR count). The van der Waals surface area contributed by atoms with Crippen molar-refractivity contribution in [1.82, 2.24) is 14.5 Å². The highest BCUT2D eigenvalue weighted by molar-refractivity contribution is 6.31. The lowest BCUT2D eigenvalue weighted by Crippen LogP contribution is -2.33. The molecule has 2 unspecified atom stereocenters. The van der Waals surface area contributed by atoms with Crippen LogP contribution in [-0.2, 0) is 6.42 Å². The van der Waals surface area contributed by atoms with Gasteiger partial charge in [-0.05, 0) is 62.6 Å². The van der Waals surface area contributed by atoms with E-state index in [0.717, 1.165) is 24.2 Å². The van der Waals surface area contributed by atoms with Crippen molar-refractivity contribution in [3.63, 3.8) is 0 Å². The number of halogens is 1. The van der Waals surface area contributed by atoms with Crippen LogP contribution in [0.4, 0.5) is 5.82 Å². The first-order valence-electron chi connectivity index (χ1n) is 12.6. The summed E-state index contributed by atoms with van der Waals surface area (Å²) >= 11 is 6.47. The van der Waals surface area contributed by atoms with Crippen molar-refractivity contribution >= 4 is 28.3 Å². The number of rotatable bonds is 5. The number of anilines is 1. The second-order valence-electron chi connectivity index (χ2n) is 9.69. The topological polar surface area (TPSA) is 64.2 Å². The molecule has 6 nitrogen and oxygen atoms in total. The van der Waals surface area contributed by atoms with Crippen LogP contribution in [0.15, 0.2) is 88.4 Å². The lowest BCUT2D eigenvalue weighted by atomic mass is 9.99. The predicted octanol–water partition coefficient (Wildman–Crippen LogP) is 6.66. The smallest absolute Gasteiger partial charge is 0.243 e. The third kappa shape index (κ3) is 4.21. The van der Waals surface area contributed by atoms with E-state index in [9.17, 15) is 4.79 Å². The van der Waals surface area contributed by atoms with Gasteiger partial charge in [0.15, 0.2) is 5.43 Å². The zero-order valence-electron chi connectivity index (χ0n) is 20.8. The maximum absolute atomic E-state index is 14.0. The molecule has 0 N–H and O–H groups in total. The molecule has 5 aromatic rings. The monoisotopic (exact) mass is 510 g/mol. The standard InChI is InChI=1S/C30H27ClN4O2/c1-19-11-12-20(2)34(19)26-9-6-10-27(33-26)35-25-18-22(31)13-14-23(25)29(36)24(17-21-7-4-3-5-8-21)28(35)30-32-15-16-37-30/h3-10,13-16,18-20H,11-12,17H2,1-2H3.